The molecule has 18 heavy (non-hydrogen) atoms. The van der Waals surface area contributed by atoms with Gasteiger partial charge >= 0.3 is 0 Å². The number of ether oxygens (including phenoxy) is 1. The normalized spacial score (nSPS) is 37.1. The molecule has 0 saturated heterocycles. The van der Waals surface area contributed by atoms with Crippen molar-refractivity contribution in [2.24, 2.45) is 5.73 Å². The van der Waals surface area contributed by atoms with E-state index in [2.05, 4.69) is 6.07 Å². The summed E-state index contributed by atoms with van der Waals surface area (Å²) in [6.07, 6.45) is 6.49. The Bertz CT molecular complexity index is 493. The Balaban J connectivity index is 0.00000161. The van der Waals surface area contributed by atoms with Crippen molar-refractivity contribution in [3.8, 4) is 5.75 Å². The van der Waals surface area contributed by atoms with Crippen molar-refractivity contribution in [3.63, 3.8) is 0 Å². The Kier molecular flexibility index (Phi) is 2.66. The largest absolute Gasteiger partial charge is 0.497 e. The molecule has 2 bridgehead atoms. The zero-order chi connectivity index (χ0) is 14.4. The van der Waals surface area contributed by atoms with Crippen LogP contribution < -0.4 is 10.5 Å². The second-order valence-electron chi connectivity index (χ2n) is 5.77. The topological polar surface area (TPSA) is 35.2 Å². The third-order valence-corrected chi connectivity index (χ3v) is 4.87. The lowest BCUT2D eigenvalue weighted by Gasteiger charge is -2.52. The second kappa shape index (κ2) is 4.75. The van der Waals surface area contributed by atoms with E-state index < -0.39 is 7.04 Å². The van der Waals surface area contributed by atoms with Gasteiger partial charge in [0.05, 0.1) is 11.2 Å². The van der Waals surface area contributed by atoms with Crippen molar-refractivity contribution < 1.29 is 8.85 Å². The summed E-state index contributed by atoms with van der Waals surface area (Å²) in [4.78, 5) is 0. The zero-order valence-corrected chi connectivity index (χ0v) is 11.3. The summed E-state index contributed by atoms with van der Waals surface area (Å²) in [5, 5.41) is 0. The second-order valence-corrected chi connectivity index (χ2v) is 5.77. The maximum Gasteiger partial charge on any atom is 0.119 e. The lowest BCUT2D eigenvalue weighted by atomic mass is 9.55. The van der Waals surface area contributed by atoms with Gasteiger partial charge in [-0.3, -0.25) is 0 Å². The van der Waals surface area contributed by atoms with E-state index in [1.165, 1.54) is 5.56 Å². The monoisotopic (exact) mass is 270 g/mol. The van der Waals surface area contributed by atoms with Gasteiger partial charge in [0.15, 0.2) is 0 Å². The molecule has 1 aromatic rings. The average Bonchev–Trinajstić information content (AvgIpc) is 2.38. The van der Waals surface area contributed by atoms with Gasteiger partial charge in [-0.25, -0.2) is 0 Å². The standard InChI is InChI=1S/C15H21NO.ClH/c1-17-13-4-2-3-12(11-13)14-5-8-15(16,9-6-14)10-7-14;/h2-4,11H,5-10,16H2,1H3;1H/i1D3;. The van der Waals surface area contributed by atoms with E-state index in [1.54, 1.807) is 6.07 Å². The molecule has 3 aliphatic rings. The van der Waals surface area contributed by atoms with Crippen molar-refractivity contribution in [2.75, 3.05) is 7.04 Å². The Morgan fingerprint density at radius 3 is 2.44 bits per heavy atom. The predicted octanol–water partition coefficient (Wildman–Crippen LogP) is 3.42. The lowest BCUT2D eigenvalue weighted by molar-refractivity contribution is 0.107. The molecular weight excluding hydrogens is 246 g/mol. The highest BCUT2D eigenvalue weighted by Crippen LogP contribution is 2.52. The first-order valence-corrected chi connectivity index (χ1v) is 6.39. The Morgan fingerprint density at radius 1 is 1.17 bits per heavy atom. The van der Waals surface area contributed by atoms with Crippen LogP contribution in [-0.4, -0.2) is 12.6 Å². The van der Waals surface area contributed by atoms with Crippen LogP contribution in [0.2, 0.25) is 0 Å². The maximum atomic E-state index is 7.21. The molecule has 0 atom stereocenters. The Hall–Kier alpha value is -0.730. The van der Waals surface area contributed by atoms with E-state index in [4.69, 9.17) is 14.6 Å². The molecule has 2 N–H and O–H groups in total. The summed E-state index contributed by atoms with van der Waals surface area (Å²) in [6, 6.07) is 7.61. The zero-order valence-electron chi connectivity index (χ0n) is 13.4. The number of methoxy groups -OCH3 is 1. The van der Waals surface area contributed by atoms with Crippen LogP contribution in [0.3, 0.4) is 0 Å². The van der Waals surface area contributed by atoms with Crippen molar-refractivity contribution in [1.82, 2.24) is 0 Å². The summed E-state index contributed by atoms with van der Waals surface area (Å²) in [5.74, 6) is 0.437. The molecule has 0 radical (unpaired) electrons. The van der Waals surface area contributed by atoms with Crippen LogP contribution >= 0.6 is 12.4 Å². The van der Waals surface area contributed by atoms with Crippen LogP contribution in [0.4, 0.5) is 0 Å². The van der Waals surface area contributed by atoms with E-state index in [-0.39, 0.29) is 23.4 Å². The van der Waals surface area contributed by atoms with Gasteiger partial charge in [-0.2, -0.15) is 0 Å². The van der Waals surface area contributed by atoms with Crippen LogP contribution in [0.25, 0.3) is 0 Å². The van der Waals surface area contributed by atoms with E-state index in [1.807, 2.05) is 12.1 Å². The lowest BCUT2D eigenvalue weighted by Crippen LogP contribution is -2.53. The quantitative estimate of drug-likeness (QED) is 0.894. The van der Waals surface area contributed by atoms with Crippen molar-refractivity contribution in [3.05, 3.63) is 29.8 Å². The first kappa shape index (κ1) is 10.1. The molecule has 3 saturated carbocycles. The first-order valence-electron chi connectivity index (χ1n) is 7.89. The minimum Gasteiger partial charge on any atom is -0.497 e. The van der Waals surface area contributed by atoms with Crippen LogP contribution in [0.15, 0.2) is 24.3 Å². The van der Waals surface area contributed by atoms with Crippen molar-refractivity contribution in [1.29, 1.82) is 0 Å². The van der Waals surface area contributed by atoms with Crippen LogP contribution in [-0.2, 0) is 5.41 Å². The minimum atomic E-state index is -2.39. The molecule has 1 aromatic carbocycles. The highest BCUT2D eigenvalue weighted by Gasteiger charge is 2.47. The van der Waals surface area contributed by atoms with Gasteiger partial charge < -0.3 is 10.5 Å². The highest BCUT2D eigenvalue weighted by atomic mass is 35.5. The average molecular weight is 271 g/mol. The highest BCUT2D eigenvalue weighted by molar-refractivity contribution is 5.85. The number of rotatable bonds is 2. The third kappa shape index (κ3) is 2.12. The van der Waals surface area contributed by atoms with E-state index in [0.717, 1.165) is 38.5 Å². The molecule has 2 nitrogen and oxygen atoms in total. The van der Waals surface area contributed by atoms with Gasteiger partial charge in [0.25, 0.3) is 0 Å². The number of fused-ring (bicyclic) bond motifs is 3. The van der Waals surface area contributed by atoms with Crippen molar-refractivity contribution >= 4 is 12.4 Å². The predicted molar refractivity (Wildman–Crippen MR) is 76.5 cm³/mol. The van der Waals surface area contributed by atoms with E-state index in [9.17, 15) is 0 Å². The van der Waals surface area contributed by atoms with Crippen LogP contribution in [0.1, 0.15) is 48.2 Å². The Morgan fingerprint density at radius 2 is 1.83 bits per heavy atom. The molecule has 0 heterocycles. The molecule has 100 valence electrons. The van der Waals surface area contributed by atoms with Crippen LogP contribution in [0.5, 0.6) is 5.75 Å². The molecule has 0 aliphatic heterocycles. The third-order valence-electron chi connectivity index (χ3n) is 4.87. The summed E-state index contributed by atoms with van der Waals surface area (Å²) in [5.41, 5.74) is 7.78. The number of nitrogens with two attached hydrogens (primary N) is 1. The molecule has 3 aliphatic carbocycles. The molecule has 4 rings (SSSR count). The number of halogens is 1. The number of benzene rings is 1. The van der Waals surface area contributed by atoms with E-state index >= 15 is 0 Å². The number of hydrogen-bond donors (Lipinski definition) is 1. The maximum absolute atomic E-state index is 7.21. The van der Waals surface area contributed by atoms with Crippen molar-refractivity contribution in [2.45, 2.75) is 49.5 Å². The van der Waals surface area contributed by atoms with Crippen LogP contribution in [0, 0.1) is 0 Å². The molecule has 3 heteroatoms. The Labute approximate surface area is 120 Å². The van der Waals surface area contributed by atoms with Gasteiger partial charge in [0.2, 0.25) is 0 Å². The van der Waals surface area contributed by atoms with Gasteiger partial charge in [0, 0.05) is 5.54 Å². The van der Waals surface area contributed by atoms with Gasteiger partial charge in [-0.05, 0) is 61.6 Å². The summed E-state index contributed by atoms with van der Waals surface area (Å²) in [6.45, 7) is 0. The summed E-state index contributed by atoms with van der Waals surface area (Å²) in [7, 11) is -2.39. The van der Waals surface area contributed by atoms with Gasteiger partial charge in [0.1, 0.15) is 5.75 Å². The minimum absolute atomic E-state index is 0. The molecule has 3 fully saturated rings. The molecule has 0 unspecified atom stereocenters. The smallest absolute Gasteiger partial charge is 0.119 e. The first-order chi connectivity index (χ1) is 9.30. The fraction of sp³-hybridized carbons (Fsp3) is 0.600. The SMILES string of the molecule is Cl.[2H]C([2H])([2H])Oc1cccc(C23CCC(N)(CC2)CC3)c1. The summed E-state index contributed by atoms with van der Waals surface area (Å²) >= 11 is 0. The molecular formula is C15H22ClNO. The summed E-state index contributed by atoms with van der Waals surface area (Å²) < 4.78 is 26.6. The van der Waals surface area contributed by atoms with E-state index in [0.29, 0.717) is 5.75 Å². The molecule has 0 spiro atoms. The van der Waals surface area contributed by atoms with Gasteiger partial charge in [-0.1, -0.05) is 12.1 Å². The molecule has 0 amide bonds. The number of hydrogen-bond acceptors (Lipinski definition) is 2. The molecule has 0 aromatic heterocycles. The fourth-order valence-corrected chi connectivity index (χ4v) is 3.54. The fourth-order valence-electron chi connectivity index (χ4n) is 3.54. The van der Waals surface area contributed by atoms with Gasteiger partial charge in [-0.15, -0.1) is 12.4 Å².